The van der Waals surface area contributed by atoms with E-state index in [2.05, 4.69) is 22.1 Å². The van der Waals surface area contributed by atoms with Crippen molar-refractivity contribution < 1.29 is 14.3 Å². The Kier molecular flexibility index (Phi) is 4.56. The van der Waals surface area contributed by atoms with Crippen LogP contribution in [0.15, 0.2) is 15.9 Å². The van der Waals surface area contributed by atoms with E-state index >= 15 is 0 Å². The summed E-state index contributed by atoms with van der Waals surface area (Å²) in [6, 6.07) is 1.69. The molecule has 0 fully saturated rings. The number of thiophene rings is 1. The Hall–Kier alpha value is -2.10. The van der Waals surface area contributed by atoms with E-state index in [0.29, 0.717) is 11.5 Å². The molecule has 0 saturated carbocycles. The lowest BCUT2D eigenvalue weighted by Gasteiger charge is -1.99. The first-order valence-corrected chi connectivity index (χ1v) is 6.87. The van der Waals surface area contributed by atoms with Crippen LogP contribution in [0.1, 0.15) is 32.6 Å². The number of hydrogen-bond acceptors (Lipinski definition) is 5. The molecule has 0 aliphatic heterocycles. The Balaban J connectivity index is 1.96. The number of hydrogen-bond donors (Lipinski definition) is 2. The maximum atomic E-state index is 11.9. The van der Waals surface area contributed by atoms with Crippen LogP contribution in [0.4, 0.5) is 0 Å². The molecule has 0 aliphatic carbocycles. The van der Waals surface area contributed by atoms with Crippen molar-refractivity contribution in [2.24, 2.45) is 0 Å². The van der Waals surface area contributed by atoms with Crippen LogP contribution in [-0.4, -0.2) is 22.6 Å². The van der Waals surface area contributed by atoms with E-state index in [0.717, 1.165) is 16.3 Å². The smallest absolute Gasteiger partial charge is 0.252 e. The molecule has 2 N–H and O–H groups in total. The lowest BCUT2D eigenvalue weighted by Crippen LogP contribution is -2.22. The summed E-state index contributed by atoms with van der Waals surface area (Å²) < 4.78 is 5.39. The molecule has 0 unspecified atom stereocenters. The average Bonchev–Trinajstić information content (AvgIpc) is 3.01. The summed E-state index contributed by atoms with van der Waals surface area (Å²) in [4.78, 5) is 16.9. The van der Waals surface area contributed by atoms with Crippen LogP contribution >= 0.6 is 11.3 Å². The second kappa shape index (κ2) is 6.37. The van der Waals surface area contributed by atoms with Crippen LogP contribution in [0.3, 0.4) is 0 Å². The minimum atomic E-state index is -0.202. The first-order chi connectivity index (χ1) is 9.60. The molecule has 104 valence electrons. The van der Waals surface area contributed by atoms with E-state index < -0.39 is 0 Å². The predicted octanol–water partition coefficient (Wildman–Crippen LogP) is 1.63. The number of oxazole rings is 1. The monoisotopic (exact) mass is 290 g/mol. The quantitative estimate of drug-likeness (QED) is 0.842. The average molecular weight is 290 g/mol. The van der Waals surface area contributed by atoms with Gasteiger partial charge in [-0.1, -0.05) is 11.8 Å². The molecule has 20 heavy (non-hydrogen) atoms. The number of nitrogens with zero attached hydrogens (tertiary/aromatic N) is 1. The van der Waals surface area contributed by atoms with Gasteiger partial charge < -0.3 is 14.8 Å². The third-order valence-electron chi connectivity index (χ3n) is 2.63. The van der Waals surface area contributed by atoms with E-state index in [1.54, 1.807) is 11.4 Å². The second-order valence-corrected chi connectivity index (χ2v) is 5.00. The molecular weight excluding hydrogens is 276 g/mol. The zero-order valence-corrected chi connectivity index (χ0v) is 12.0. The van der Waals surface area contributed by atoms with Crippen molar-refractivity contribution in [3.05, 3.63) is 39.2 Å². The summed E-state index contributed by atoms with van der Waals surface area (Å²) >= 11 is 1.36. The third kappa shape index (κ3) is 3.47. The van der Waals surface area contributed by atoms with Crippen molar-refractivity contribution in [2.75, 3.05) is 6.61 Å². The largest absolute Gasteiger partial charge is 0.444 e. The van der Waals surface area contributed by atoms with Gasteiger partial charge in [0.05, 0.1) is 22.7 Å². The molecule has 1 amide bonds. The molecule has 0 spiro atoms. The minimum Gasteiger partial charge on any atom is -0.444 e. The lowest BCUT2D eigenvalue weighted by atomic mass is 10.3. The number of nitrogens with one attached hydrogen (secondary N) is 1. The SMILES string of the molecule is Cc1nc(CNC(=O)c2csc(C#CCO)c2)oc1C. The Bertz CT molecular complexity index is 657. The molecule has 5 nitrogen and oxygen atoms in total. The first-order valence-electron chi connectivity index (χ1n) is 5.99. The highest BCUT2D eigenvalue weighted by Gasteiger charge is 2.10. The zero-order valence-electron chi connectivity index (χ0n) is 11.2. The third-order valence-corrected chi connectivity index (χ3v) is 3.47. The maximum absolute atomic E-state index is 11.9. The fraction of sp³-hybridized carbons (Fsp3) is 0.286. The van der Waals surface area contributed by atoms with Crippen molar-refractivity contribution in [3.63, 3.8) is 0 Å². The predicted molar refractivity (Wildman–Crippen MR) is 75.4 cm³/mol. The number of rotatable bonds is 3. The van der Waals surface area contributed by atoms with Crippen molar-refractivity contribution in [2.45, 2.75) is 20.4 Å². The normalized spacial score (nSPS) is 9.95. The molecule has 0 aromatic carbocycles. The molecule has 6 heteroatoms. The second-order valence-electron chi connectivity index (χ2n) is 4.09. The van der Waals surface area contributed by atoms with E-state index in [-0.39, 0.29) is 19.1 Å². The van der Waals surface area contributed by atoms with Gasteiger partial charge in [-0.25, -0.2) is 4.98 Å². The van der Waals surface area contributed by atoms with E-state index in [4.69, 9.17) is 9.52 Å². The molecule has 0 saturated heterocycles. The summed E-state index contributed by atoms with van der Waals surface area (Å²) in [6.45, 7) is 3.75. The van der Waals surface area contributed by atoms with Gasteiger partial charge in [-0.15, -0.1) is 11.3 Å². The topological polar surface area (TPSA) is 75.4 Å². The Morgan fingerprint density at radius 3 is 3.00 bits per heavy atom. The van der Waals surface area contributed by atoms with Crippen molar-refractivity contribution >= 4 is 17.2 Å². The standard InChI is InChI=1S/C14H14N2O3S/c1-9-10(2)19-13(16-9)7-15-14(18)11-6-12(20-8-11)4-3-5-17/h6,8,17H,5,7H2,1-2H3,(H,15,18). The van der Waals surface area contributed by atoms with Gasteiger partial charge in [-0.05, 0) is 19.9 Å². The number of aliphatic hydroxyl groups excluding tert-OH is 1. The summed E-state index contributed by atoms with van der Waals surface area (Å²) in [7, 11) is 0. The van der Waals surface area contributed by atoms with Gasteiger partial charge in [0.25, 0.3) is 5.91 Å². The summed E-state index contributed by atoms with van der Waals surface area (Å²) in [5.41, 5.74) is 1.36. The maximum Gasteiger partial charge on any atom is 0.252 e. The van der Waals surface area contributed by atoms with E-state index in [1.165, 1.54) is 11.3 Å². The van der Waals surface area contributed by atoms with E-state index in [9.17, 15) is 4.79 Å². The molecular formula is C14H14N2O3S. The van der Waals surface area contributed by atoms with Crippen molar-refractivity contribution in [3.8, 4) is 11.8 Å². The van der Waals surface area contributed by atoms with Crippen molar-refractivity contribution in [1.29, 1.82) is 0 Å². The highest BCUT2D eigenvalue weighted by Crippen LogP contribution is 2.14. The van der Waals surface area contributed by atoms with Gasteiger partial charge in [0.1, 0.15) is 12.4 Å². The number of carbonyl (C=O) groups is 1. The number of carbonyl (C=O) groups excluding carboxylic acids is 1. The number of aryl methyl sites for hydroxylation is 2. The van der Waals surface area contributed by atoms with Gasteiger partial charge in [-0.2, -0.15) is 0 Å². The lowest BCUT2D eigenvalue weighted by molar-refractivity contribution is 0.0947. The molecule has 0 aliphatic rings. The highest BCUT2D eigenvalue weighted by atomic mass is 32.1. The molecule has 2 heterocycles. The van der Waals surface area contributed by atoms with Crippen LogP contribution in [0.25, 0.3) is 0 Å². The number of amides is 1. The molecule has 2 rings (SSSR count). The fourth-order valence-electron chi connectivity index (χ4n) is 1.52. The summed E-state index contributed by atoms with van der Waals surface area (Å²) in [5.74, 6) is 6.35. The first kappa shape index (κ1) is 14.3. The van der Waals surface area contributed by atoms with Gasteiger partial charge in [-0.3, -0.25) is 4.79 Å². The van der Waals surface area contributed by atoms with Crippen LogP contribution in [0.2, 0.25) is 0 Å². The molecule has 0 bridgehead atoms. The Morgan fingerprint density at radius 2 is 2.35 bits per heavy atom. The molecule has 0 radical (unpaired) electrons. The van der Waals surface area contributed by atoms with Crippen LogP contribution in [0.5, 0.6) is 0 Å². The van der Waals surface area contributed by atoms with Gasteiger partial charge in [0.2, 0.25) is 5.89 Å². The van der Waals surface area contributed by atoms with Gasteiger partial charge in [0, 0.05) is 5.38 Å². The molecule has 2 aromatic heterocycles. The van der Waals surface area contributed by atoms with Crippen LogP contribution < -0.4 is 5.32 Å². The molecule has 2 aromatic rings. The van der Waals surface area contributed by atoms with Crippen LogP contribution in [0, 0.1) is 25.7 Å². The number of aromatic nitrogens is 1. The summed E-state index contributed by atoms with van der Waals surface area (Å²) in [6.07, 6.45) is 0. The zero-order chi connectivity index (χ0) is 14.5. The molecule has 0 atom stereocenters. The van der Waals surface area contributed by atoms with Crippen LogP contribution in [-0.2, 0) is 6.54 Å². The fourth-order valence-corrected chi connectivity index (χ4v) is 2.28. The Morgan fingerprint density at radius 1 is 1.55 bits per heavy atom. The number of aliphatic hydroxyl groups is 1. The van der Waals surface area contributed by atoms with E-state index in [1.807, 2.05) is 13.8 Å². The van der Waals surface area contributed by atoms with Gasteiger partial charge in [0.15, 0.2) is 0 Å². The highest BCUT2D eigenvalue weighted by molar-refractivity contribution is 7.10. The Labute approximate surface area is 120 Å². The van der Waals surface area contributed by atoms with Crippen molar-refractivity contribution in [1.82, 2.24) is 10.3 Å². The minimum absolute atomic E-state index is 0.192. The summed E-state index contributed by atoms with van der Waals surface area (Å²) in [5, 5.41) is 13.1. The van der Waals surface area contributed by atoms with Gasteiger partial charge >= 0.3 is 0 Å².